The maximum Gasteiger partial charge on any atom is 0.342 e. The van der Waals surface area contributed by atoms with Gasteiger partial charge in [0.2, 0.25) is 0 Å². The zero-order valence-electron chi connectivity index (χ0n) is 13.1. The highest BCUT2D eigenvalue weighted by atomic mass is 79.9. The molecule has 0 spiro atoms. The number of carbonyl (C=O) groups is 1. The van der Waals surface area contributed by atoms with Crippen LogP contribution in [0.25, 0.3) is 0 Å². The number of ether oxygens (including phenoxy) is 4. The van der Waals surface area contributed by atoms with Crippen molar-refractivity contribution in [3.63, 3.8) is 0 Å². The van der Waals surface area contributed by atoms with E-state index in [2.05, 4.69) is 15.9 Å². The summed E-state index contributed by atoms with van der Waals surface area (Å²) in [6.45, 7) is 0.141. The summed E-state index contributed by atoms with van der Waals surface area (Å²) in [5.41, 5.74) is 1.16. The van der Waals surface area contributed by atoms with Crippen LogP contribution in [0.5, 0.6) is 17.2 Å². The van der Waals surface area contributed by atoms with Crippen molar-refractivity contribution < 1.29 is 23.7 Å². The predicted molar refractivity (Wildman–Crippen MR) is 89.4 cm³/mol. The molecule has 6 heteroatoms. The number of esters is 1. The Kier molecular flexibility index (Phi) is 5.87. The standard InChI is InChI=1S/C17H17BrO5/c1-20-14-8-7-11(9-13(14)18)10-23-17(19)12-5-4-6-15(21-2)16(12)22-3/h4-9H,10H2,1-3H3. The molecule has 5 nitrogen and oxygen atoms in total. The summed E-state index contributed by atoms with van der Waals surface area (Å²) in [4.78, 5) is 12.3. The highest BCUT2D eigenvalue weighted by Gasteiger charge is 2.17. The molecule has 0 bridgehead atoms. The van der Waals surface area contributed by atoms with E-state index in [1.165, 1.54) is 14.2 Å². The lowest BCUT2D eigenvalue weighted by molar-refractivity contribution is 0.0468. The summed E-state index contributed by atoms with van der Waals surface area (Å²) in [5, 5.41) is 0. The Labute approximate surface area is 143 Å². The SMILES string of the molecule is COc1ccc(COC(=O)c2cccc(OC)c2OC)cc1Br. The van der Waals surface area contributed by atoms with Crippen LogP contribution in [-0.4, -0.2) is 27.3 Å². The quantitative estimate of drug-likeness (QED) is 0.712. The Morgan fingerprint density at radius 2 is 1.74 bits per heavy atom. The molecule has 0 fully saturated rings. The summed E-state index contributed by atoms with van der Waals surface area (Å²) in [6, 6.07) is 10.5. The first-order valence-electron chi connectivity index (χ1n) is 6.81. The second kappa shape index (κ2) is 7.87. The van der Waals surface area contributed by atoms with E-state index in [4.69, 9.17) is 18.9 Å². The van der Waals surface area contributed by atoms with Crippen LogP contribution in [0.4, 0.5) is 0 Å². The van der Waals surface area contributed by atoms with E-state index in [9.17, 15) is 4.79 Å². The number of methoxy groups -OCH3 is 3. The Balaban J connectivity index is 2.12. The van der Waals surface area contributed by atoms with Gasteiger partial charge in [0.1, 0.15) is 17.9 Å². The molecular formula is C17H17BrO5. The molecule has 0 heterocycles. The van der Waals surface area contributed by atoms with E-state index in [0.717, 1.165) is 15.8 Å². The number of benzene rings is 2. The lowest BCUT2D eigenvalue weighted by Gasteiger charge is -2.12. The van der Waals surface area contributed by atoms with Gasteiger partial charge in [0, 0.05) is 0 Å². The van der Waals surface area contributed by atoms with Crippen LogP contribution in [0, 0.1) is 0 Å². The van der Waals surface area contributed by atoms with Crippen LogP contribution >= 0.6 is 15.9 Å². The van der Waals surface area contributed by atoms with E-state index in [1.54, 1.807) is 31.4 Å². The van der Waals surface area contributed by atoms with Gasteiger partial charge in [-0.2, -0.15) is 0 Å². The highest BCUT2D eigenvalue weighted by molar-refractivity contribution is 9.10. The van der Waals surface area contributed by atoms with Crippen molar-refractivity contribution in [1.29, 1.82) is 0 Å². The van der Waals surface area contributed by atoms with E-state index in [-0.39, 0.29) is 6.61 Å². The minimum absolute atomic E-state index is 0.141. The first-order chi connectivity index (χ1) is 11.1. The van der Waals surface area contributed by atoms with Crippen molar-refractivity contribution in [2.45, 2.75) is 6.61 Å². The van der Waals surface area contributed by atoms with Crippen LogP contribution in [0.2, 0.25) is 0 Å². The second-order valence-corrected chi connectivity index (χ2v) is 5.44. The van der Waals surface area contributed by atoms with Gasteiger partial charge in [-0.05, 0) is 45.8 Å². The lowest BCUT2D eigenvalue weighted by Crippen LogP contribution is -2.08. The Morgan fingerprint density at radius 1 is 1.00 bits per heavy atom. The van der Waals surface area contributed by atoms with Crippen molar-refractivity contribution in [3.8, 4) is 17.2 Å². The number of carbonyl (C=O) groups excluding carboxylic acids is 1. The first-order valence-corrected chi connectivity index (χ1v) is 7.60. The highest BCUT2D eigenvalue weighted by Crippen LogP contribution is 2.31. The van der Waals surface area contributed by atoms with Gasteiger partial charge in [0.25, 0.3) is 0 Å². The average molecular weight is 381 g/mol. The summed E-state index contributed by atoms with van der Waals surface area (Å²) < 4.78 is 21.7. The zero-order chi connectivity index (χ0) is 16.8. The number of hydrogen-bond donors (Lipinski definition) is 0. The van der Waals surface area contributed by atoms with Gasteiger partial charge in [-0.3, -0.25) is 0 Å². The Bertz CT molecular complexity index is 699. The van der Waals surface area contributed by atoms with Gasteiger partial charge in [-0.15, -0.1) is 0 Å². The van der Waals surface area contributed by atoms with E-state index < -0.39 is 5.97 Å². The van der Waals surface area contributed by atoms with Crippen molar-refractivity contribution in [1.82, 2.24) is 0 Å². The van der Waals surface area contributed by atoms with Crippen LogP contribution in [0.3, 0.4) is 0 Å². The van der Waals surface area contributed by atoms with Crippen LogP contribution in [-0.2, 0) is 11.3 Å². The minimum atomic E-state index is -0.479. The second-order valence-electron chi connectivity index (χ2n) is 4.59. The van der Waals surface area contributed by atoms with E-state index in [0.29, 0.717) is 17.1 Å². The number of hydrogen-bond acceptors (Lipinski definition) is 5. The molecular weight excluding hydrogens is 364 g/mol. The molecule has 0 aliphatic heterocycles. The molecule has 0 atom stereocenters. The van der Waals surface area contributed by atoms with E-state index >= 15 is 0 Å². The molecule has 2 aromatic rings. The van der Waals surface area contributed by atoms with Gasteiger partial charge < -0.3 is 18.9 Å². The molecule has 0 unspecified atom stereocenters. The number of rotatable bonds is 6. The summed E-state index contributed by atoms with van der Waals surface area (Å²) >= 11 is 3.40. The third kappa shape index (κ3) is 3.96. The normalized spacial score (nSPS) is 10.1. The molecule has 0 saturated heterocycles. The molecule has 23 heavy (non-hydrogen) atoms. The first kappa shape index (κ1) is 17.1. The Morgan fingerprint density at radius 3 is 2.35 bits per heavy atom. The maximum absolute atomic E-state index is 12.3. The monoisotopic (exact) mass is 380 g/mol. The molecule has 0 aromatic heterocycles. The van der Waals surface area contributed by atoms with E-state index in [1.807, 2.05) is 12.1 Å². The minimum Gasteiger partial charge on any atom is -0.496 e. The molecule has 0 saturated carbocycles. The molecule has 2 rings (SSSR count). The zero-order valence-corrected chi connectivity index (χ0v) is 14.7. The molecule has 122 valence electrons. The fourth-order valence-electron chi connectivity index (χ4n) is 2.07. The van der Waals surface area contributed by atoms with Crippen molar-refractivity contribution in [2.24, 2.45) is 0 Å². The fraction of sp³-hybridized carbons (Fsp3) is 0.235. The van der Waals surface area contributed by atoms with Gasteiger partial charge in [0.15, 0.2) is 11.5 Å². The van der Waals surface area contributed by atoms with Gasteiger partial charge >= 0.3 is 5.97 Å². The number of halogens is 1. The molecule has 0 aliphatic rings. The van der Waals surface area contributed by atoms with Crippen molar-refractivity contribution >= 4 is 21.9 Å². The fourth-order valence-corrected chi connectivity index (χ4v) is 2.66. The lowest BCUT2D eigenvalue weighted by atomic mass is 10.2. The molecule has 2 aromatic carbocycles. The number of para-hydroxylation sites is 1. The Hall–Kier alpha value is -2.21. The largest absolute Gasteiger partial charge is 0.496 e. The third-order valence-corrected chi connectivity index (χ3v) is 3.83. The molecule has 0 radical (unpaired) electrons. The van der Waals surface area contributed by atoms with Crippen molar-refractivity contribution in [3.05, 3.63) is 52.0 Å². The van der Waals surface area contributed by atoms with Gasteiger partial charge in [-0.1, -0.05) is 12.1 Å². The van der Waals surface area contributed by atoms with Crippen LogP contribution < -0.4 is 14.2 Å². The topological polar surface area (TPSA) is 54.0 Å². The third-order valence-electron chi connectivity index (χ3n) is 3.21. The van der Waals surface area contributed by atoms with Crippen molar-refractivity contribution in [2.75, 3.05) is 21.3 Å². The molecule has 0 N–H and O–H groups in total. The summed E-state index contributed by atoms with van der Waals surface area (Å²) in [6.07, 6.45) is 0. The maximum atomic E-state index is 12.3. The van der Waals surface area contributed by atoms with Gasteiger partial charge in [0.05, 0.1) is 25.8 Å². The predicted octanol–water partition coefficient (Wildman–Crippen LogP) is 3.83. The average Bonchev–Trinajstić information content (AvgIpc) is 2.58. The molecule has 0 amide bonds. The van der Waals surface area contributed by atoms with Crippen LogP contribution in [0.15, 0.2) is 40.9 Å². The smallest absolute Gasteiger partial charge is 0.342 e. The summed E-state index contributed by atoms with van der Waals surface area (Å²) in [5.74, 6) is 1.08. The van der Waals surface area contributed by atoms with Gasteiger partial charge in [-0.25, -0.2) is 4.79 Å². The molecule has 0 aliphatic carbocycles. The summed E-state index contributed by atoms with van der Waals surface area (Å²) in [7, 11) is 4.59. The van der Waals surface area contributed by atoms with Crippen LogP contribution in [0.1, 0.15) is 15.9 Å².